The van der Waals surface area contributed by atoms with Crippen LogP contribution in [0, 0.1) is 0 Å². The first-order valence-electron chi connectivity index (χ1n) is 5.32. The second-order valence-electron chi connectivity index (χ2n) is 3.45. The quantitative estimate of drug-likeness (QED) is 0.608. The maximum absolute atomic E-state index is 10.3. The molecule has 2 aromatic rings. The Morgan fingerprint density at radius 3 is 2.61 bits per heavy atom. The molecule has 0 saturated carbocycles. The van der Waals surface area contributed by atoms with E-state index < -0.39 is 0 Å². The van der Waals surface area contributed by atoms with Gasteiger partial charge in [0.15, 0.2) is 5.75 Å². The molecule has 0 unspecified atom stereocenters. The van der Waals surface area contributed by atoms with Gasteiger partial charge in [0, 0.05) is 6.07 Å². The van der Waals surface area contributed by atoms with Crippen LogP contribution in [0.3, 0.4) is 0 Å². The zero-order valence-electron chi connectivity index (χ0n) is 9.79. The van der Waals surface area contributed by atoms with Gasteiger partial charge in [-0.3, -0.25) is 0 Å². The predicted molar refractivity (Wildman–Crippen MR) is 67.3 cm³/mol. The fraction of sp³-hybridized carbons (Fsp3) is 0.0714. The van der Waals surface area contributed by atoms with Gasteiger partial charge in [-0.1, -0.05) is 18.2 Å². The molecule has 0 radical (unpaired) electrons. The molecule has 90 valence electrons. The zero-order valence-corrected chi connectivity index (χ0v) is 9.79. The van der Waals surface area contributed by atoms with E-state index in [0.29, 0.717) is 22.9 Å². The van der Waals surface area contributed by atoms with E-state index in [1.807, 2.05) is 12.1 Å². The number of para-hydroxylation sites is 2. The normalized spacial score (nSPS) is 9.39. The zero-order chi connectivity index (χ0) is 12.8. The van der Waals surface area contributed by atoms with E-state index in [2.05, 4.69) is 4.99 Å². The Bertz CT molecular complexity index is 589. The van der Waals surface area contributed by atoms with Crippen LogP contribution in [-0.2, 0) is 4.79 Å². The lowest BCUT2D eigenvalue weighted by atomic mass is 10.3. The molecule has 2 rings (SSSR count). The molecule has 4 nitrogen and oxygen atoms in total. The second-order valence-corrected chi connectivity index (χ2v) is 3.45. The molecule has 0 aromatic heterocycles. The Hall–Kier alpha value is -2.58. The smallest absolute Gasteiger partial charge is 0.240 e. The molecule has 0 aliphatic heterocycles. The Morgan fingerprint density at radius 2 is 1.83 bits per heavy atom. The van der Waals surface area contributed by atoms with Gasteiger partial charge in [0.25, 0.3) is 0 Å². The summed E-state index contributed by atoms with van der Waals surface area (Å²) in [6.45, 7) is 0. The van der Waals surface area contributed by atoms with Crippen LogP contribution in [-0.4, -0.2) is 13.2 Å². The van der Waals surface area contributed by atoms with Crippen molar-refractivity contribution < 1.29 is 14.3 Å². The highest BCUT2D eigenvalue weighted by Crippen LogP contribution is 2.32. The van der Waals surface area contributed by atoms with E-state index in [9.17, 15) is 4.79 Å². The summed E-state index contributed by atoms with van der Waals surface area (Å²) in [6, 6.07) is 14.2. The minimum atomic E-state index is 0.440. The van der Waals surface area contributed by atoms with Gasteiger partial charge in [0.05, 0.1) is 7.11 Å². The molecule has 0 aliphatic carbocycles. The fourth-order valence-corrected chi connectivity index (χ4v) is 1.48. The van der Waals surface area contributed by atoms with E-state index in [1.165, 1.54) is 6.08 Å². The monoisotopic (exact) mass is 241 g/mol. The summed E-state index contributed by atoms with van der Waals surface area (Å²) in [6.07, 6.45) is 1.50. The highest BCUT2D eigenvalue weighted by Gasteiger charge is 2.04. The molecule has 0 spiro atoms. The van der Waals surface area contributed by atoms with Crippen molar-refractivity contribution in [2.24, 2.45) is 4.99 Å². The maximum Gasteiger partial charge on any atom is 0.240 e. The second kappa shape index (κ2) is 5.66. The van der Waals surface area contributed by atoms with Crippen molar-refractivity contribution >= 4 is 11.8 Å². The Balaban J connectivity index is 2.30. The largest absolute Gasteiger partial charge is 0.497 e. The maximum atomic E-state index is 10.3. The van der Waals surface area contributed by atoms with Gasteiger partial charge in [-0.05, 0) is 24.3 Å². The summed E-state index contributed by atoms with van der Waals surface area (Å²) in [5.41, 5.74) is 0.440. The highest BCUT2D eigenvalue weighted by atomic mass is 16.5. The topological polar surface area (TPSA) is 47.9 Å². The predicted octanol–water partition coefficient (Wildman–Crippen LogP) is 3.45. The SMILES string of the molecule is COc1cccc(Oc2ccccc2N=C=O)c1. The standard InChI is InChI=1S/C14H11NO3/c1-17-11-5-4-6-12(9-11)18-14-8-3-2-7-13(14)15-10-16/h2-9H,1H3. The molecular weight excluding hydrogens is 230 g/mol. The molecular formula is C14H11NO3. The van der Waals surface area contributed by atoms with Crippen molar-refractivity contribution in [2.75, 3.05) is 7.11 Å². The molecule has 0 atom stereocenters. The van der Waals surface area contributed by atoms with Crippen molar-refractivity contribution in [1.82, 2.24) is 0 Å². The van der Waals surface area contributed by atoms with E-state index in [1.54, 1.807) is 43.5 Å². The number of carbonyl (C=O) groups excluding carboxylic acids is 1. The first-order valence-corrected chi connectivity index (χ1v) is 5.32. The lowest BCUT2D eigenvalue weighted by Crippen LogP contribution is -1.86. The van der Waals surface area contributed by atoms with Gasteiger partial charge in [-0.25, -0.2) is 4.79 Å². The summed E-state index contributed by atoms with van der Waals surface area (Å²) in [7, 11) is 1.59. The third kappa shape index (κ3) is 2.75. The molecule has 0 N–H and O–H groups in total. The van der Waals surface area contributed by atoms with Crippen LogP contribution in [0.4, 0.5) is 5.69 Å². The Labute approximate surface area is 105 Å². The molecule has 0 aliphatic rings. The molecule has 18 heavy (non-hydrogen) atoms. The number of methoxy groups -OCH3 is 1. The molecule has 0 heterocycles. The van der Waals surface area contributed by atoms with Crippen LogP contribution in [0.15, 0.2) is 53.5 Å². The number of hydrogen-bond donors (Lipinski definition) is 0. The average Bonchev–Trinajstić information content (AvgIpc) is 2.41. The van der Waals surface area contributed by atoms with Crippen LogP contribution in [0.5, 0.6) is 17.2 Å². The first kappa shape index (κ1) is 11.9. The number of hydrogen-bond acceptors (Lipinski definition) is 4. The van der Waals surface area contributed by atoms with Gasteiger partial charge in [-0.15, -0.1) is 0 Å². The Morgan fingerprint density at radius 1 is 1.06 bits per heavy atom. The third-order valence-electron chi connectivity index (χ3n) is 2.30. The van der Waals surface area contributed by atoms with Gasteiger partial charge in [0.2, 0.25) is 6.08 Å². The van der Waals surface area contributed by atoms with E-state index >= 15 is 0 Å². The lowest BCUT2D eigenvalue weighted by Gasteiger charge is -2.08. The van der Waals surface area contributed by atoms with Crippen LogP contribution in [0.25, 0.3) is 0 Å². The number of aliphatic imine (C=N–C) groups is 1. The van der Waals surface area contributed by atoms with Crippen LogP contribution in [0.1, 0.15) is 0 Å². The number of nitrogens with zero attached hydrogens (tertiary/aromatic N) is 1. The number of benzene rings is 2. The fourth-order valence-electron chi connectivity index (χ4n) is 1.48. The van der Waals surface area contributed by atoms with E-state index in [4.69, 9.17) is 9.47 Å². The molecule has 2 aromatic carbocycles. The molecule has 0 bridgehead atoms. The van der Waals surface area contributed by atoms with Crippen molar-refractivity contribution in [3.8, 4) is 17.2 Å². The molecule has 0 amide bonds. The molecule has 4 heteroatoms. The number of rotatable bonds is 4. The van der Waals surface area contributed by atoms with Crippen molar-refractivity contribution in [3.63, 3.8) is 0 Å². The first-order chi connectivity index (χ1) is 8.83. The summed E-state index contributed by atoms with van der Waals surface area (Å²) in [5.74, 6) is 1.81. The van der Waals surface area contributed by atoms with Crippen LogP contribution < -0.4 is 9.47 Å². The minimum absolute atomic E-state index is 0.440. The number of ether oxygens (including phenoxy) is 2. The molecule has 0 fully saturated rings. The highest BCUT2D eigenvalue weighted by molar-refractivity contribution is 5.58. The van der Waals surface area contributed by atoms with Gasteiger partial charge in [-0.2, -0.15) is 4.99 Å². The van der Waals surface area contributed by atoms with Gasteiger partial charge < -0.3 is 9.47 Å². The summed E-state index contributed by atoms with van der Waals surface area (Å²) >= 11 is 0. The van der Waals surface area contributed by atoms with Gasteiger partial charge in [0.1, 0.15) is 17.2 Å². The van der Waals surface area contributed by atoms with Crippen molar-refractivity contribution in [1.29, 1.82) is 0 Å². The van der Waals surface area contributed by atoms with E-state index in [-0.39, 0.29) is 0 Å². The minimum Gasteiger partial charge on any atom is -0.497 e. The number of isocyanates is 1. The van der Waals surface area contributed by atoms with Crippen LogP contribution >= 0.6 is 0 Å². The summed E-state index contributed by atoms with van der Waals surface area (Å²) in [4.78, 5) is 13.9. The Kier molecular flexibility index (Phi) is 3.74. The molecule has 0 saturated heterocycles. The summed E-state index contributed by atoms with van der Waals surface area (Å²) in [5, 5.41) is 0. The van der Waals surface area contributed by atoms with Crippen molar-refractivity contribution in [2.45, 2.75) is 0 Å². The van der Waals surface area contributed by atoms with E-state index in [0.717, 1.165) is 0 Å². The van der Waals surface area contributed by atoms with Gasteiger partial charge >= 0.3 is 0 Å². The van der Waals surface area contributed by atoms with Crippen LogP contribution in [0.2, 0.25) is 0 Å². The third-order valence-corrected chi connectivity index (χ3v) is 2.30. The van der Waals surface area contributed by atoms with Crippen molar-refractivity contribution in [3.05, 3.63) is 48.5 Å². The average molecular weight is 241 g/mol. The summed E-state index contributed by atoms with van der Waals surface area (Å²) < 4.78 is 10.8. The lowest BCUT2D eigenvalue weighted by molar-refractivity contribution is 0.409.